The Bertz CT molecular complexity index is 821. The first-order valence-corrected chi connectivity index (χ1v) is 6.25. The molecule has 0 aliphatic carbocycles. The van der Waals surface area contributed by atoms with Gasteiger partial charge in [-0.1, -0.05) is 0 Å². The highest BCUT2D eigenvalue weighted by Crippen LogP contribution is 2.28. The Labute approximate surface area is 124 Å². The molecule has 2 aromatic carbocycles. The van der Waals surface area contributed by atoms with Crippen molar-refractivity contribution in [3.8, 4) is 11.5 Å². The number of hydrogen-bond acceptors (Lipinski definition) is 6. The maximum Gasteiger partial charge on any atom is 0.347 e. The molecular formula is C16H8O6. The zero-order chi connectivity index (χ0) is 15.7. The number of fused-ring (bicyclic) bond motifs is 1. The van der Waals surface area contributed by atoms with Gasteiger partial charge >= 0.3 is 11.9 Å². The quantitative estimate of drug-likeness (QED) is 0.489. The van der Waals surface area contributed by atoms with Crippen LogP contribution in [-0.2, 0) is 4.74 Å². The first-order chi connectivity index (χ1) is 10.6. The summed E-state index contributed by atoms with van der Waals surface area (Å²) in [5.74, 6) is -0.785. The van der Waals surface area contributed by atoms with Gasteiger partial charge in [0.1, 0.15) is 11.5 Å². The van der Waals surface area contributed by atoms with Gasteiger partial charge in [-0.15, -0.1) is 0 Å². The number of aldehydes is 2. The summed E-state index contributed by atoms with van der Waals surface area (Å²) in [6.45, 7) is 0. The molecule has 0 saturated heterocycles. The predicted octanol–water partition coefficient (Wildman–Crippen LogP) is 2.41. The molecule has 0 fully saturated rings. The van der Waals surface area contributed by atoms with Gasteiger partial charge in [0.2, 0.25) is 0 Å². The number of hydrogen-bond donors (Lipinski definition) is 0. The van der Waals surface area contributed by atoms with Crippen molar-refractivity contribution in [2.45, 2.75) is 0 Å². The average Bonchev–Trinajstić information content (AvgIpc) is 2.81. The second-order valence-electron chi connectivity index (χ2n) is 4.51. The van der Waals surface area contributed by atoms with Crippen LogP contribution in [0.5, 0.6) is 11.5 Å². The standard InChI is InChI=1S/C16H8O6/c17-7-9-1-2-11(5-10(9)8-18)21-12-3-4-13-14(6-12)16(20)22-15(13)19/h1-8H. The monoisotopic (exact) mass is 296 g/mol. The van der Waals surface area contributed by atoms with Crippen molar-refractivity contribution in [2.24, 2.45) is 0 Å². The molecule has 0 aromatic heterocycles. The van der Waals surface area contributed by atoms with Crippen molar-refractivity contribution in [1.82, 2.24) is 0 Å². The van der Waals surface area contributed by atoms with E-state index in [4.69, 9.17) is 4.74 Å². The zero-order valence-corrected chi connectivity index (χ0v) is 11.1. The minimum Gasteiger partial charge on any atom is -0.457 e. The molecule has 2 aromatic rings. The van der Waals surface area contributed by atoms with E-state index < -0.39 is 11.9 Å². The fraction of sp³-hybridized carbons (Fsp3) is 0. The third-order valence-electron chi connectivity index (χ3n) is 3.16. The van der Waals surface area contributed by atoms with E-state index in [2.05, 4.69) is 4.74 Å². The molecular weight excluding hydrogens is 288 g/mol. The molecule has 0 bridgehead atoms. The summed E-state index contributed by atoms with van der Waals surface area (Å²) in [4.78, 5) is 44.5. The SMILES string of the molecule is O=Cc1ccc(Oc2ccc3c(c2)C(=O)OC3=O)cc1C=O. The van der Waals surface area contributed by atoms with Gasteiger partial charge in [0.15, 0.2) is 12.6 Å². The van der Waals surface area contributed by atoms with E-state index in [0.29, 0.717) is 24.1 Å². The van der Waals surface area contributed by atoms with Gasteiger partial charge < -0.3 is 9.47 Å². The topological polar surface area (TPSA) is 86.7 Å². The minimum absolute atomic E-state index is 0.127. The Kier molecular flexibility index (Phi) is 3.27. The van der Waals surface area contributed by atoms with E-state index in [0.717, 1.165) is 0 Å². The number of benzene rings is 2. The maximum absolute atomic E-state index is 11.5. The van der Waals surface area contributed by atoms with Crippen LogP contribution < -0.4 is 4.74 Å². The molecule has 0 unspecified atom stereocenters. The predicted molar refractivity (Wildman–Crippen MR) is 73.5 cm³/mol. The van der Waals surface area contributed by atoms with E-state index >= 15 is 0 Å². The highest BCUT2D eigenvalue weighted by atomic mass is 16.6. The first kappa shape index (κ1) is 13.7. The van der Waals surface area contributed by atoms with Gasteiger partial charge in [0.25, 0.3) is 0 Å². The molecule has 1 heterocycles. The van der Waals surface area contributed by atoms with Crippen LogP contribution in [0.25, 0.3) is 0 Å². The molecule has 108 valence electrons. The first-order valence-electron chi connectivity index (χ1n) is 6.25. The molecule has 22 heavy (non-hydrogen) atoms. The van der Waals surface area contributed by atoms with E-state index in [-0.39, 0.29) is 22.3 Å². The van der Waals surface area contributed by atoms with Gasteiger partial charge in [-0.3, -0.25) is 9.59 Å². The van der Waals surface area contributed by atoms with Crippen molar-refractivity contribution in [3.63, 3.8) is 0 Å². The lowest BCUT2D eigenvalue weighted by Crippen LogP contribution is -1.97. The van der Waals surface area contributed by atoms with Crippen LogP contribution >= 0.6 is 0 Å². The normalized spacial score (nSPS) is 12.5. The van der Waals surface area contributed by atoms with Crippen LogP contribution in [0, 0.1) is 0 Å². The van der Waals surface area contributed by atoms with Crippen molar-refractivity contribution < 1.29 is 28.7 Å². The van der Waals surface area contributed by atoms with Crippen LogP contribution in [0.2, 0.25) is 0 Å². The van der Waals surface area contributed by atoms with Gasteiger partial charge in [-0.25, -0.2) is 9.59 Å². The molecule has 6 nitrogen and oxygen atoms in total. The molecule has 0 atom stereocenters. The molecule has 0 saturated carbocycles. The van der Waals surface area contributed by atoms with Crippen molar-refractivity contribution in [2.75, 3.05) is 0 Å². The van der Waals surface area contributed by atoms with E-state index in [1.165, 1.54) is 36.4 Å². The lowest BCUT2D eigenvalue weighted by atomic mass is 10.1. The molecule has 1 aliphatic heterocycles. The van der Waals surface area contributed by atoms with Gasteiger partial charge in [0, 0.05) is 11.1 Å². The highest BCUT2D eigenvalue weighted by molar-refractivity contribution is 6.14. The second-order valence-corrected chi connectivity index (χ2v) is 4.51. The summed E-state index contributed by atoms with van der Waals surface area (Å²) in [5.41, 5.74) is 0.763. The fourth-order valence-corrected chi connectivity index (χ4v) is 2.09. The molecule has 6 heteroatoms. The van der Waals surface area contributed by atoms with Crippen LogP contribution in [0.4, 0.5) is 0 Å². The maximum atomic E-state index is 11.5. The van der Waals surface area contributed by atoms with E-state index in [1.54, 1.807) is 0 Å². The van der Waals surface area contributed by atoms with Crippen LogP contribution in [-0.4, -0.2) is 24.5 Å². The van der Waals surface area contributed by atoms with Crippen LogP contribution in [0.1, 0.15) is 41.4 Å². The van der Waals surface area contributed by atoms with Crippen molar-refractivity contribution >= 4 is 24.5 Å². The second kappa shape index (κ2) is 5.25. The van der Waals surface area contributed by atoms with Gasteiger partial charge in [-0.2, -0.15) is 0 Å². The summed E-state index contributed by atoms with van der Waals surface area (Å²) in [5, 5.41) is 0. The Hall–Kier alpha value is -3.28. The summed E-state index contributed by atoms with van der Waals surface area (Å²) in [6.07, 6.45) is 1.12. The molecule has 1 aliphatic rings. The van der Waals surface area contributed by atoms with Gasteiger partial charge in [0.05, 0.1) is 11.1 Å². The third-order valence-corrected chi connectivity index (χ3v) is 3.16. The molecule has 0 radical (unpaired) electrons. The van der Waals surface area contributed by atoms with Gasteiger partial charge in [-0.05, 0) is 36.4 Å². The lowest BCUT2D eigenvalue weighted by Gasteiger charge is -2.07. The van der Waals surface area contributed by atoms with Crippen LogP contribution in [0.3, 0.4) is 0 Å². The largest absolute Gasteiger partial charge is 0.457 e. The number of carbonyl (C=O) groups is 4. The Morgan fingerprint density at radius 2 is 1.41 bits per heavy atom. The highest BCUT2D eigenvalue weighted by Gasteiger charge is 2.29. The summed E-state index contributed by atoms with van der Waals surface area (Å²) >= 11 is 0. The van der Waals surface area contributed by atoms with Crippen LogP contribution in [0.15, 0.2) is 36.4 Å². The fourth-order valence-electron chi connectivity index (χ4n) is 2.09. The van der Waals surface area contributed by atoms with Crippen molar-refractivity contribution in [3.05, 3.63) is 58.7 Å². The number of carbonyl (C=O) groups excluding carboxylic acids is 4. The number of ether oxygens (including phenoxy) is 2. The number of esters is 2. The zero-order valence-electron chi connectivity index (χ0n) is 11.1. The average molecular weight is 296 g/mol. The lowest BCUT2D eigenvalue weighted by molar-refractivity contribution is 0.0443. The minimum atomic E-state index is -0.727. The Morgan fingerprint density at radius 3 is 2.14 bits per heavy atom. The summed E-state index contributed by atoms with van der Waals surface area (Å²) in [6, 6.07) is 8.71. The molecule has 3 rings (SSSR count). The molecule has 0 N–H and O–H groups in total. The third kappa shape index (κ3) is 2.26. The summed E-state index contributed by atoms with van der Waals surface area (Å²) in [7, 11) is 0. The number of rotatable bonds is 4. The smallest absolute Gasteiger partial charge is 0.347 e. The van der Waals surface area contributed by atoms with Crippen molar-refractivity contribution in [1.29, 1.82) is 0 Å². The molecule has 0 amide bonds. The Morgan fingerprint density at radius 1 is 0.773 bits per heavy atom. The molecule has 0 spiro atoms. The van der Waals surface area contributed by atoms with E-state index in [1.807, 2.05) is 0 Å². The number of cyclic esters (lactones) is 2. The summed E-state index contributed by atoms with van der Waals surface area (Å²) < 4.78 is 10.0. The van der Waals surface area contributed by atoms with E-state index in [9.17, 15) is 19.2 Å². The Balaban J connectivity index is 1.93.